The average Bonchev–Trinajstić information content (AvgIpc) is 2.55. The molecule has 1 aromatic carbocycles. The predicted octanol–water partition coefficient (Wildman–Crippen LogP) is 4.52. The molecule has 0 saturated carbocycles. The first-order valence-electron chi connectivity index (χ1n) is 8.97. The Balaban J connectivity index is 2.08. The van der Waals surface area contributed by atoms with Crippen LogP contribution in [-0.4, -0.2) is 16.0 Å². The number of nitrogens with two attached hydrogens (primary N) is 1. The second-order valence-corrected chi connectivity index (χ2v) is 6.23. The topological polar surface area (TPSA) is 66.6 Å². The summed E-state index contributed by atoms with van der Waals surface area (Å²) in [7, 11) is 0. The third kappa shape index (κ3) is 8.60. The number of hydrazine groups is 1. The lowest BCUT2D eigenvalue weighted by molar-refractivity contribution is -0.132. The zero-order valence-electron chi connectivity index (χ0n) is 14.5. The van der Waals surface area contributed by atoms with Crippen LogP contribution in [0.3, 0.4) is 0 Å². The Kier molecular flexibility index (Phi) is 10.1. The minimum atomic E-state index is -0.0591. The van der Waals surface area contributed by atoms with Crippen LogP contribution in [0.15, 0.2) is 24.3 Å². The first kappa shape index (κ1) is 19.5. The number of benzene rings is 1. The van der Waals surface area contributed by atoms with Crippen molar-refractivity contribution in [2.24, 2.45) is 5.84 Å². The Labute approximate surface area is 140 Å². The molecule has 0 unspecified atom stereocenters. The highest BCUT2D eigenvalue weighted by Gasteiger charge is 2.11. The van der Waals surface area contributed by atoms with Crippen molar-refractivity contribution in [3.05, 3.63) is 29.8 Å². The number of phenolic OH excluding ortho intramolecular Hbond substituents is 1. The van der Waals surface area contributed by atoms with E-state index in [1.807, 2.05) is 6.07 Å². The number of carbonyl (C=O) groups is 1. The van der Waals surface area contributed by atoms with Crippen molar-refractivity contribution in [3.8, 4) is 5.75 Å². The summed E-state index contributed by atoms with van der Waals surface area (Å²) in [5.74, 6) is 5.92. The van der Waals surface area contributed by atoms with Gasteiger partial charge in [-0.3, -0.25) is 9.80 Å². The summed E-state index contributed by atoms with van der Waals surface area (Å²) in [6.45, 7) is 2.49. The summed E-state index contributed by atoms with van der Waals surface area (Å²) in [6.07, 6.45) is 11.6. The fourth-order valence-corrected chi connectivity index (χ4v) is 2.65. The van der Waals surface area contributed by atoms with Gasteiger partial charge in [-0.25, -0.2) is 5.84 Å². The summed E-state index contributed by atoms with van der Waals surface area (Å²) in [5, 5.41) is 10.9. The minimum Gasteiger partial charge on any atom is -0.508 e. The molecule has 1 rings (SSSR count). The smallest absolute Gasteiger partial charge is 0.236 e. The molecule has 0 aliphatic heterocycles. The van der Waals surface area contributed by atoms with Gasteiger partial charge in [0.1, 0.15) is 5.75 Å². The zero-order valence-corrected chi connectivity index (χ0v) is 14.5. The maximum Gasteiger partial charge on any atom is 0.236 e. The molecule has 0 saturated heterocycles. The standard InChI is InChI=1S/C19H32N2O2/c1-2-3-4-5-6-7-8-9-10-15-19(23)21(20)16-17-13-11-12-14-18(17)22/h11-14,22H,2-10,15-16,20H2,1H3. The first-order valence-corrected chi connectivity index (χ1v) is 8.97. The van der Waals surface area contributed by atoms with Crippen molar-refractivity contribution in [2.45, 2.75) is 77.7 Å². The van der Waals surface area contributed by atoms with Crippen molar-refractivity contribution in [3.63, 3.8) is 0 Å². The number of unbranched alkanes of at least 4 members (excludes halogenated alkanes) is 8. The molecule has 0 bridgehead atoms. The van der Waals surface area contributed by atoms with Gasteiger partial charge in [0.2, 0.25) is 5.91 Å². The van der Waals surface area contributed by atoms with E-state index in [4.69, 9.17) is 5.84 Å². The van der Waals surface area contributed by atoms with Crippen molar-refractivity contribution in [1.29, 1.82) is 0 Å². The zero-order chi connectivity index (χ0) is 16.9. The Morgan fingerprint density at radius 2 is 1.57 bits per heavy atom. The summed E-state index contributed by atoms with van der Waals surface area (Å²) >= 11 is 0. The second-order valence-electron chi connectivity index (χ2n) is 6.23. The van der Waals surface area contributed by atoms with E-state index < -0.39 is 0 Å². The van der Waals surface area contributed by atoms with Gasteiger partial charge in [0, 0.05) is 12.0 Å². The van der Waals surface area contributed by atoms with Gasteiger partial charge in [0.25, 0.3) is 0 Å². The van der Waals surface area contributed by atoms with Crippen molar-refractivity contribution < 1.29 is 9.90 Å². The van der Waals surface area contributed by atoms with Crippen LogP contribution in [0.1, 0.15) is 76.7 Å². The quantitative estimate of drug-likeness (QED) is 0.258. The number of hydrogen-bond donors (Lipinski definition) is 2. The number of rotatable bonds is 12. The Hall–Kier alpha value is -1.55. The van der Waals surface area contributed by atoms with Gasteiger partial charge in [-0.05, 0) is 12.5 Å². The fourth-order valence-electron chi connectivity index (χ4n) is 2.65. The minimum absolute atomic E-state index is 0.0591. The van der Waals surface area contributed by atoms with Gasteiger partial charge >= 0.3 is 0 Å². The Bertz CT molecular complexity index is 449. The lowest BCUT2D eigenvalue weighted by Gasteiger charge is -2.17. The van der Waals surface area contributed by atoms with Gasteiger partial charge in [-0.15, -0.1) is 0 Å². The van der Waals surface area contributed by atoms with Crippen LogP contribution in [0.5, 0.6) is 5.75 Å². The monoisotopic (exact) mass is 320 g/mol. The van der Waals surface area contributed by atoms with Crippen molar-refractivity contribution in [1.82, 2.24) is 5.01 Å². The van der Waals surface area contributed by atoms with Crippen LogP contribution >= 0.6 is 0 Å². The molecule has 0 aromatic heterocycles. The molecule has 1 amide bonds. The van der Waals surface area contributed by atoms with E-state index in [0.717, 1.165) is 12.8 Å². The van der Waals surface area contributed by atoms with Crippen LogP contribution < -0.4 is 5.84 Å². The number of carbonyl (C=O) groups excluding carboxylic acids is 1. The molecule has 0 spiro atoms. The van der Waals surface area contributed by atoms with Crippen LogP contribution in [0.25, 0.3) is 0 Å². The molecular weight excluding hydrogens is 288 g/mol. The molecule has 23 heavy (non-hydrogen) atoms. The summed E-state index contributed by atoms with van der Waals surface area (Å²) < 4.78 is 0. The van der Waals surface area contributed by atoms with Crippen molar-refractivity contribution >= 4 is 5.91 Å². The SMILES string of the molecule is CCCCCCCCCCCC(=O)N(N)Cc1ccccc1O. The highest BCUT2D eigenvalue weighted by molar-refractivity contribution is 5.75. The molecule has 0 heterocycles. The van der Waals surface area contributed by atoms with E-state index >= 15 is 0 Å². The van der Waals surface area contributed by atoms with E-state index in [-0.39, 0.29) is 18.2 Å². The number of amides is 1. The number of aromatic hydroxyl groups is 1. The van der Waals surface area contributed by atoms with E-state index in [0.29, 0.717) is 12.0 Å². The van der Waals surface area contributed by atoms with E-state index in [2.05, 4.69) is 6.92 Å². The van der Waals surface area contributed by atoms with Crippen LogP contribution in [0.4, 0.5) is 0 Å². The Morgan fingerprint density at radius 1 is 1.00 bits per heavy atom. The number of para-hydroxylation sites is 1. The lowest BCUT2D eigenvalue weighted by atomic mass is 10.1. The number of nitrogens with zero attached hydrogens (tertiary/aromatic N) is 1. The van der Waals surface area contributed by atoms with Gasteiger partial charge in [0.05, 0.1) is 6.54 Å². The van der Waals surface area contributed by atoms with Crippen molar-refractivity contribution in [2.75, 3.05) is 0 Å². The molecule has 0 radical (unpaired) electrons. The second kappa shape index (κ2) is 11.9. The first-order chi connectivity index (χ1) is 11.1. The molecule has 1 aromatic rings. The maximum atomic E-state index is 12.0. The molecule has 0 aliphatic carbocycles. The third-order valence-electron chi connectivity index (χ3n) is 4.15. The van der Waals surface area contributed by atoms with Crippen LogP contribution in [-0.2, 0) is 11.3 Å². The van der Waals surface area contributed by atoms with Crippen LogP contribution in [0, 0.1) is 0 Å². The molecular formula is C19H32N2O2. The summed E-state index contributed by atoms with van der Waals surface area (Å²) in [5.41, 5.74) is 0.676. The van der Waals surface area contributed by atoms with E-state index in [1.165, 1.54) is 50.0 Å². The van der Waals surface area contributed by atoms with Gasteiger partial charge in [-0.2, -0.15) is 0 Å². The summed E-state index contributed by atoms with van der Waals surface area (Å²) in [4.78, 5) is 12.0. The number of hydrogen-bond acceptors (Lipinski definition) is 3. The molecule has 4 nitrogen and oxygen atoms in total. The van der Waals surface area contributed by atoms with E-state index in [9.17, 15) is 9.90 Å². The fraction of sp³-hybridized carbons (Fsp3) is 0.632. The predicted molar refractivity (Wildman–Crippen MR) is 94.7 cm³/mol. The average molecular weight is 320 g/mol. The van der Waals surface area contributed by atoms with Gasteiger partial charge < -0.3 is 5.11 Å². The molecule has 3 N–H and O–H groups in total. The summed E-state index contributed by atoms with van der Waals surface area (Å²) in [6, 6.07) is 6.97. The molecule has 0 fully saturated rings. The molecule has 130 valence electrons. The lowest BCUT2D eigenvalue weighted by Crippen LogP contribution is -2.36. The highest BCUT2D eigenvalue weighted by atomic mass is 16.3. The molecule has 4 heteroatoms. The van der Waals surface area contributed by atoms with Gasteiger partial charge in [0.15, 0.2) is 0 Å². The van der Waals surface area contributed by atoms with Gasteiger partial charge in [-0.1, -0.05) is 76.5 Å². The third-order valence-corrected chi connectivity index (χ3v) is 4.15. The van der Waals surface area contributed by atoms with E-state index in [1.54, 1.807) is 18.2 Å². The molecule has 0 aliphatic rings. The van der Waals surface area contributed by atoms with Crippen LogP contribution in [0.2, 0.25) is 0 Å². The largest absolute Gasteiger partial charge is 0.508 e. The normalized spacial score (nSPS) is 10.7. The Morgan fingerprint density at radius 3 is 2.17 bits per heavy atom. The molecule has 0 atom stereocenters. The number of phenols is 1. The maximum absolute atomic E-state index is 12.0. The highest BCUT2D eigenvalue weighted by Crippen LogP contribution is 2.17.